The van der Waals surface area contributed by atoms with Gasteiger partial charge in [-0.3, -0.25) is 14.3 Å². The fourth-order valence-corrected chi connectivity index (χ4v) is 4.61. The Kier molecular flexibility index (Phi) is 8.00. The average molecular weight is 545 g/mol. The molecule has 0 aliphatic heterocycles. The Morgan fingerprint density at radius 3 is 2.31 bits per heavy atom. The molecule has 2 N–H and O–H groups in total. The van der Waals surface area contributed by atoms with Crippen LogP contribution in [0.25, 0.3) is 11.3 Å². The summed E-state index contributed by atoms with van der Waals surface area (Å²) in [5.41, 5.74) is 6.27. The van der Waals surface area contributed by atoms with E-state index in [0.29, 0.717) is 24.4 Å². The van der Waals surface area contributed by atoms with E-state index in [1.54, 1.807) is 17.8 Å². The molecule has 0 saturated carbocycles. The highest BCUT2D eigenvalue weighted by Crippen LogP contribution is 2.22. The zero-order valence-corrected chi connectivity index (χ0v) is 22.2. The summed E-state index contributed by atoms with van der Waals surface area (Å²) < 4.78 is 2.63. The molecule has 0 radical (unpaired) electrons. The summed E-state index contributed by atoms with van der Waals surface area (Å²) in [6.45, 7) is 4.50. The van der Waals surface area contributed by atoms with Crippen molar-refractivity contribution in [1.82, 2.24) is 20.4 Å². The smallest absolute Gasteiger partial charge is 0.270 e. The maximum atomic E-state index is 13.6. The van der Waals surface area contributed by atoms with Gasteiger partial charge in [-0.05, 0) is 49.2 Å². The number of hydrogen-bond acceptors (Lipinski definition) is 3. The van der Waals surface area contributed by atoms with Gasteiger partial charge in [0.15, 0.2) is 0 Å². The maximum Gasteiger partial charge on any atom is 0.270 e. The number of hydrogen-bond donors (Lipinski definition) is 2. The number of halogens is 1. The van der Waals surface area contributed by atoms with Crippen molar-refractivity contribution in [2.75, 3.05) is 7.05 Å². The van der Waals surface area contributed by atoms with Gasteiger partial charge in [0, 0.05) is 23.5 Å². The van der Waals surface area contributed by atoms with Crippen LogP contribution in [0, 0.1) is 13.8 Å². The van der Waals surface area contributed by atoms with E-state index in [9.17, 15) is 9.59 Å². The number of nitrogens with zero attached hydrogens (tertiary/aromatic N) is 2. The predicted molar refractivity (Wildman–Crippen MR) is 146 cm³/mol. The highest BCUT2D eigenvalue weighted by molar-refractivity contribution is 9.10. The minimum Gasteiger partial charge on any atom is -0.357 e. The third-order valence-corrected chi connectivity index (χ3v) is 6.43. The molecular formula is C29H29BrN4O2. The van der Waals surface area contributed by atoms with Crippen LogP contribution in [0.4, 0.5) is 0 Å². The number of aromatic nitrogens is 2. The van der Waals surface area contributed by atoms with Gasteiger partial charge in [-0.1, -0.05) is 81.7 Å². The molecule has 0 spiro atoms. The Morgan fingerprint density at radius 2 is 1.61 bits per heavy atom. The van der Waals surface area contributed by atoms with Crippen LogP contribution in [0.3, 0.4) is 0 Å². The molecule has 36 heavy (non-hydrogen) atoms. The van der Waals surface area contributed by atoms with Crippen molar-refractivity contribution in [2.45, 2.75) is 32.9 Å². The van der Waals surface area contributed by atoms with Crippen LogP contribution in [-0.2, 0) is 17.8 Å². The monoisotopic (exact) mass is 544 g/mol. The second-order valence-electron chi connectivity index (χ2n) is 8.91. The summed E-state index contributed by atoms with van der Waals surface area (Å²) in [4.78, 5) is 26.2. The second-order valence-corrected chi connectivity index (χ2v) is 9.82. The third-order valence-electron chi connectivity index (χ3n) is 5.94. The summed E-state index contributed by atoms with van der Waals surface area (Å²) in [5, 5.41) is 10.4. The van der Waals surface area contributed by atoms with Gasteiger partial charge < -0.3 is 10.6 Å². The van der Waals surface area contributed by atoms with Crippen molar-refractivity contribution in [3.05, 3.63) is 111 Å². The number of rotatable bonds is 8. The first-order valence-corrected chi connectivity index (χ1v) is 12.6. The molecule has 7 heteroatoms. The van der Waals surface area contributed by atoms with E-state index in [2.05, 4.69) is 32.6 Å². The van der Waals surface area contributed by atoms with Gasteiger partial charge in [-0.15, -0.1) is 0 Å². The Labute approximate surface area is 219 Å². The highest BCUT2D eigenvalue weighted by Gasteiger charge is 2.24. The molecule has 0 fully saturated rings. The van der Waals surface area contributed by atoms with Gasteiger partial charge in [-0.2, -0.15) is 5.10 Å². The molecule has 0 saturated heterocycles. The van der Waals surface area contributed by atoms with E-state index in [1.165, 1.54) is 0 Å². The Morgan fingerprint density at radius 1 is 0.917 bits per heavy atom. The number of carbonyl (C=O) groups is 2. The third kappa shape index (κ3) is 6.29. The largest absolute Gasteiger partial charge is 0.357 e. The molecule has 2 amide bonds. The van der Waals surface area contributed by atoms with Crippen molar-refractivity contribution >= 4 is 27.7 Å². The number of carbonyl (C=O) groups excluding carboxylic acids is 2. The van der Waals surface area contributed by atoms with Crippen LogP contribution < -0.4 is 10.6 Å². The summed E-state index contributed by atoms with van der Waals surface area (Å²) in [5.74, 6) is -0.607. The van der Waals surface area contributed by atoms with Crippen molar-refractivity contribution in [3.63, 3.8) is 0 Å². The number of aryl methyl sites for hydroxylation is 2. The lowest BCUT2D eigenvalue weighted by atomic mass is 10.0. The van der Waals surface area contributed by atoms with Gasteiger partial charge in [-0.25, -0.2) is 0 Å². The average Bonchev–Trinajstić information content (AvgIpc) is 3.27. The molecule has 1 heterocycles. The number of amides is 2. The fraction of sp³-hybridized carbons (Fsp3) is 0.207. The van der Waals surface area contributed by atoms with E-state index in [-0.39, 0.29) is 11.8 Å². The maximum absolute atomic E-state index is 13.6. The molecule has 1 atom stereocenters. The first kappa shape index (κ1) is 25.4. The van der Waals surface area contributed by atoms with Gasteiger partial charge in [0.25, 0.3) is 5.91 Å². The van der Waals surface area contributed by atoms with Crippen LogP contribution in [0.5, 0.6) is 0 Å². The van der Waals surface area contributed by atoms with Gasteiger partial charge in [0.05, 0.1) is 12.2 Å². The first-order valence-electron chi connectivity index (χ1n) is 11.8. The van der Waals surface area contributed by atoms with Crippen molar-refractivity contribution < 1.29 is 9.59 Å². The topological polar surface area (TPSA) is 76.0 Å². The van der Waals surface area contributed by atoms with E-state index in [1.807, 2.05) is 80.6 Å². The molecule has 6 nitrogen and oxygen atoms in total. The number of likely N-dealkylation sites (N-methyl/N-ethyl adjacent to an activating group) is 1. The van der Waals surface area contributed by atoms with Gasteiger partial charge >= 0.3 is 0 Å². The van der Waals surface area contributed by atoms with Crippen molar-refractivity contribution in [3.8, 4) is 11.3 Å². The molecule has 4 aromatic rings. The molecule has 3 aromatic carbocycles. The number of nitrogens with one attached hydrogen (secondary N) is 2. The summed E-state index contributed by atoms with van der Waals surface area (Å²) in [6.07, 6.45) is 0.363. The summed E-state index contributed by atoms with van der Waals surface area (Å²) in [7, 11) is 1.57. The quantitative estimate of drug-likeness (QED) is 0.325. The van der Waals surface area contributed by atoms with Crippen LogP contribution >= 0.6 is 15.9 Å². The summed E-state index contributed by atoms with van der Waals surface area (Å²) >= 11 is 3.47. The Bertz CT molecular complexity index is 1400. The molecule has 0 aliphatic carbocycles. The Hall–Kier alpha value is -3.71. The lowest BCUT2D eigenvalue weighted by Crippen LogP contribution is -2.47. The van der Waals surface area contributed by atoms with Gasteiger partial charge in [0.1, 0.15) is 11.7 Å². The van der Waals surface area contributed by atoms with E-state index >= 15 is 0 Å². The molecule has 4 rings (SSSR count). The highest BCUT2D eigenvalue weighted by atomic mass is 79.9. The molecule has 0 unspecified atom stereocenters. The van der Waals surface area contributed by atoms with Crippen LogP contribution in [0.2, 0.25) is 0 Å². The molecule has 0 bridgehead atoms. The minimum absolute atomic E-state index is 0.257. The van der Waals surface area contributed by atoms with E-state index < -0.39 is 6.04 Å². The molecular weight excluding hydrogens is 516 g/mol. The Balaban J connectivity index is 1.67. The SMILES string of the molecule is CNC(=O)[C@H](Cc1cccc(Br)c1)NC(=O)c1cc(-c2cccc(C)c2)nn1Cc1cccc(C)c1. The fourth-order valence-electron chi connectivity index (χ4n) is 4.16. The zero-order valence-electron chi connectivity index (χ0n) is 20.6. The van der Waals surface area contributed by atoms with E-state index in [4.69, 9.17) is 5.10 Å². The zero-order chi connectivity index (χ0) is 25.7. The molecule has 1 aromatic heterocycles. The van der Waals surface area contributed by atoms with Gasteiger partial charge in [0.2, 0.25) is 5.91 Å². The van der Waals surface area contributed by atoms with Crippen molar-refractivity contribution in [2.24, 2.45) is 0 Å². The summed E-state index contributed by atoms with van der Waals surface area (Å²) in [6, 6.07) is 24.9. The van der Waals surface area contributed by atoms with E-state index in [0.717, 1.165) is 32.3 Å². The standard InChI is InChI=1S/C29H29BrN4O2/c1-19-7-4-10-22(13-19)18-34-27(17-25(33-34)23-11-5-8-20(2)14-23)29(36)32-26(28(35)31-3)16-21-9-6-12-24(30)15-21/h4-15,17,26H,16,18H2,1-3H3,(H,31,35)(H,32,36)/t26-/m0/s1. The lowest BCUT2D eigenvalue weighted by molar-refractivity contribution is -0.122. The number of benzene rings is 3. The first-order chi connectivity index (χ1) is 17.3. The van der Waals surface area contributed by atoms with Crippen LogP contribution in [-0.4, -0.2) is 34.7 Å². The molecule has 0 aliphatic rings. The van der Waals surface area contributed by atoms with Crippen LogP contribution in [0.1, 0.15) is 32.7 Å². The molecule has 184 valence electrons. The lowest BCUT2D eigenvalue weighted by Gasteiger charge is -2.18. The normalized spacial score (nSPS) is 11.7. The van der Waals surface area contributed by atoms with Crippen molar-refractivity contribution in [1.29, 1.82) is 0 Å². The minimum atomic E-state index is -0.735. The second kappa shape index (κ2) is 11.4. The predicted octanol–water partition coefficient (Wildman–Crippen LogP) is 5.06. The van der Waals surface area contributed by atoms with Crippen LogP contribution in [0.15, 0.2) is 83.3 Å².